The highest BCUT2D eigenvalue weighted by Crippen LogP contribution is 2.40. The molecule has 0 N–H and O–H groups in total. The molecule has 2 aromatic carbocycles. The summed E-state index contributed by atoms with van der Waals surface area (Å²) in [6.45, 7) is 3.91. The summed E-state index contributed by atoms with van der Waals surface area (Å²) in [7, 11) is 0. The van der Waals surface area contributed by atoms with Crippen LogP contribution in [-0.4, -0.2) is 11.3 Å². The molecular weight excluding hydrogens is 449 g/mol. The van der Waals surface area contributed by atoms with Crippen molar-refractivity contribution in [3.8, 4) is 0 Å². The van der Waals surface area contributed by atoms with Gasteiger partial charge in [0.2, 0.25) is 0 Å². The average molecular weight is 467 g/mol. The van der Waals surface area contributed by atoms with Gasteiger partial charge in [0.25, 0.3) is 0 Å². The van der Waals surface area contributed by atoms with E-state index in [-0.39, 0.29) is 5.82 Å². The minimum absolute atomic E-state index is 0.208. The molecule has 0 fully saturated rings. The van der Waals surface area contributed by atoms with Crippen molar-refractivity contribution in [2.24, 2.45) is 0 Å². The molecule has 1 aliphatic rings. The lowest BCUT2D eigenvalue weighted by molar-refractivity contribution is -0.137. The highest BCUT2D eigenvalue weighted by molar-refractivity contribution is 6.30. The van der Waals surface area contributed by atoms with E-state index in [9.17, 15) is 18.0 Å². The largest absolute Gasteiger partial charge is 0.417 e. The lowest BCUT2D eigenvalue weighted by Gasteiger charge is -2.36. The first-order valence-corrected chi connectivity index (χ1v) is 10.4. The number of hydrogen-bond donors (Lipinski definition) is 0. The molecule has 3 nitrogen and oxygen atoms in total. The van der Waals surface area contributed by atoms with Crippen LogP contribution in [0, 0.1) is 0 Å². The van der Waals surface area contributed by atoms with Crippen LogP contribution in [0.3, 0.4) is 0 Å². The Morgan fingerprint density at radius 3 is 2.52 bits per heavy atom. The quantitative estimate of drug-likeness (QED) is 0.296. The Balaban J connectivity index is 1.90. The van der Waals surface area contributed by atoms with Crippen LogP contribution in [0.4, 0.5) is 19.0 Å². The SMILES string of the molecule is C=CC(=Cc1cccc(Cl)c1)C1=Cc2ccccc2C(C=O)N1c1ccc(C(F)(F)F)cn1. The van der Waals surface area contributed by atoms with Crippen LogP contribution in [0.15, 0.2) is 90.8 Å². The predicted octanol–water partition coefficient (Wildman–Crippen LogP) is 7.12. The van der Waals surface area contributed by atoms with Gasteiger partial charge in [0.05, 0.1) is 11.3 Å². The van der Waals surface area contributed by atoms with Crippen LogP contribution in [-0.2, 0) is 11.0 Å². The van der Waals surface area contributed by atoms with Crippen molar-refractivity contribution < 1.29 is 18.0 Å². The Kier molecular flexibility index (Phi) is 6.20. The molecule has 33 heavy (non-hydrogen) atoms. The maximum atomic E-state index is 13.1. The summed E-state index contributed by atoms with van der Waals surface area (Å²) in [6, 6.07) is 16.0. The minimum Gasteiger partial charge on any atom is -0.311 e. The molecule has 0 amide bonds. The molecule has 4 rings (SSSR count). The summed E-state index contributed by atoms with van der Waals surface area (Å²) < 4.78 is 39.2. The van der Waals surface area contributed by atoms with Gasteiger partial charge in [-0.2, -0.15) is 13.2 Å². The summed E-state index contributed by atoms with van der Waals surface area (Å²) in [6.07, 6.45) is 2.35. The van der Waals surface area contributed by atoms with Gasteiger partial charge in [0, 0.05) is 11.2 Å². The summed E-state index contributed by atoms with van der Waals surface area (Å²) in [5, 5.41) is 0.558. The second-order valence-electron chi connectivity index (χ2n) is 7.37. The Bertz CT molecular complexity index is 1260. The minimum atomic E-state index is -4.51. The number of pyridine rings is 1. The van der Waals surface area contributed by atoms with E-state index < -0.39 is 17.8 Å². The van der Waals surface area contributed by atoms with E-state index in [1.807, 2.05) is 48.6 Å². The van der Waals surface area contributed by atoms with Crippen molar-refractivity contribution in [2.45, 2.75) is 12.2 Å². The molecule has 1 aliphatic heterocycles. The molecule has 2 heterocycles. The van der Waals surface area contributed by atoms with Gasteiger partial charge in [-0.3, -0.25) is 0 Å². The number of hydrogen-bond acceptors (Lipinski definition) is 3. The first kappa shape index (κ1) is 22.6. The molecule has 1 atom stereocenters. The van der Waals surface area contributed by atoms with Crippen LogP contribution in [0.2, 0.25) is 5.02 Å². The Morgan fingerprint density at radius 2 is 1.88 bits per heavy atom. The molecular formula is C26H18ClF3N2O. The molecule has 0 bridgehead atoms. The number of carbonyl (C=O) groups is 1. The summed E-state index contributed by atoms with van der Waals surface area (Å²) >= 11 is 6.12. The highest BCUT2D eigenvalue weighted by atomic mass is 35.5. The zero-order valence-electron chi connectivity index (χ0n) is 17.3. The van der Waals surface area contributed by atoms with Gasteiger partial charge >= 0.3 is 6.18 Å². The van der Waals surface area contributed by atoms with E-state index >= 15 is 0 Å². The second-order valence-corrected chi connectivity index (χ2v) is 7.81. The zero-order valence-corrected chi connectivity index (χ0v) is 18.0. The van der Waals surface area contributed by atoms with Gasteiger partial charge in [0.15, 0.2) is 0 Å². The second kappa shape index (κ2) is 9.08. The molecule has 0 saturated carbocycles. The lowest BCUT2D eigenvalue weighted by Crippen LogP contribution is -2.33. The maximum absolute atomic E-state index is 13.1. The fraction of sp³-hybridized carbons (Fsp3) is 0.0769. The topological polar surface area (TPSA) is 33.2 Å². The molecule has 0 aliphatic carbocycles. The fourth-order valence-corrected chi connectivity index (χ4v) is 3.95. The number of carbonyl (C=O) groups excluding carboxylic acids is 1. The molecule has 0 radical (unpaired) electrons. The normalized spacial score (nSPS) is 16.1. The number of aromatic nitrogens is 1. The van der Waals surface area contributed by atoms with Gasteiger partial charge in [-0.25, -0.2) is 4.98 Å². The summed E-state index contributed by atoms with van der Waals surface area (Å²) in [4.78, 5) is 17.9. The number of rotatable bonds is 5. The van der Waals surface area contributed by atoms with E-state index in [0.29, 0.717) is 16.3 Å². The van der Waals surface area contributed by atoms with Crippen molar-refractivity contribution >= 4 is 35.9 Å². The van der Waals surface area contributed by atoms with Gasteiger partial charge in [-0.15, -0.1) is 0 Å². The number of alkyl halides is 3. The van der Waals surface area contributed by atoms with Crippen LogP contribution >= 0.6 is 11.6 Å². The van der Waals surface area contributed by atoms with E-state index in [1.165, 1.54) is 6.07 Å². The number of halogens is 4. The number of nitrogens with zero attached hydrogens (tertiary/aromatic N) is 2. The lowest BCUT2D eigenvalue weighted by atomic mass is 9.91. The summed E-state index contributed by atoms with van der Waals surface area (Å²) in [5.41, 5.74) is 2.72. The zero-order chi connectivity index (χ0) is 23.6. The van der Waals surface area contributed by atoms with Crippen LogP contribution < -0.4 is 4.90 Å². The number of allylic oxidation sites excluding steroid dienone is 1. The molecule has 3 aromatic rings. The number of anilines is 1. The van der Waals surface area contributed by atoms with Gasteiger partial charge in [-0.05, 0) is 58.7 Å². The van der Waals surface area contributed by atoms with Crippen molar-refractivity contribution in [3.63, 3.8) is 0 Å². The van der Waals surface area contributed by atoms with Crippen LogP contribution in [0.5, 0.6) is 0 Å². The van der Waals surface area contributed by atoms with Gasteiger partial charge in [0.1, 0.15) is 18.1 Å². The maximum Gasteiger partial charge on any atom is 0.417 e. The predicted molar refractivity (Wildman–Crippen MR) is 125 cm³/mol. The standard InChI is InChI=1S/C26H18ClF3N2O/c1-2-18(12-17-6-5-8-21(27)13-17)23-14-19-7-3-4-9-22(19)24(16-33)32(23)25-11-10-20(15-31-25)26(28,29)30/h2-16,24H,1H2. The Hall–Kier alpha value is -3.64. The first-order valence-electron chi connectivity index (χ1n) is 10.0. The van der Waals surface area contributed by atoms with Crippen molar-refractivity contribution in [2.75, 3.05) is 4.90 Å². The van der Waals surface area contributed by atoms with Crippen molar-refractivity contribution in [1.82, 2.24) is 4.98 Å². The highest BCUT2D eigenvalue weighted by Gasteiger charge is 2.34. The van der Waals surface area contributed by atoms with Crippen LogP contribution in [0.1, 0.15) is 28.3 Å². The van der Waals surface area contributed by atoms with Gasteiger partial charge in [-0.1, -0.05) is 60.7 Å². The monoisotopic (exact) mass is 466 g/mol. The van der Waals surface area contributed by atoms with Crippen molar-refractivity contribution in [3.05, 3.63) is 118 Å². The molecule has 7 heteroatoms. The third-order valence-corrected chi connectivity index (χ3v) is 5.52. The van der Waals surface area contributed by atoms with E-state index in [4.69, 9.17) is 11.6 Å². The van der Waals surface area contributed by atoms with Gasteiger partial charge < -0.3 is 9.69 Å². The molecule has 1 aromatic heterocycles. The number of aldehydes is 1. The van der Waals surface area contributed by atoms with E-state index in [0.717, 1.165) is 35.2 Å². The number of fused-ring (bicyclic) bond motifs is 1. The van der Waals surface area contributed by atoms with Crippen molar-refractivity contribution in [1.29, 1.82) is 0 Å². The van der Waals surface area contributed by atoms with Crippen LogP contribution in [0.25, 0.3) is 12.2 Å². The van der Waals surface area contributed by atoms with E-state index in [1.54, 1.807) is 23.1 Å². The molecule has 1 unspecified atom stereocenters. The smallest absolute Gasteiger partial charge is 0.311 e. The first-order chi connectivity index (χ1) is 15.8. The Labute approximate surface area is 194 Å². The Morgan fingerprint density at radius 1 is 1.09 bits per heavy atom. The fourth-order valence-electron chi connectivity index (χ4n) is 3.75. The third kappa shape index (κ3) is 4.61. The molecule has 0 saturated heterocycles. The average Bonchev–Trinajstić information content (AvgIpc) is 2.81. The molecule has 0 spiro atoms. The van der Waals surface area contributed by atoms with E-state index in [2.05, 4.69) is 11.6 Å². The molecule has 166 valence electrons. The summed E-state index contributed by atoms with van der Waals surface area (Å²) in [5.74, 6) is 0.208. The number of benzene rings is 2. The third-order valence-electron chi connectivity index (χ3n) is 5.28.